The number of sulfonamides is 1. The van der Waals surface area contributed by atoms with E-state index in [4.69, 9.17) is 11.6 Å². The number of aryl methyl sites for hydroxylation is 1. The molecule has 3 aromatic rings. The van der Waals surface area contributed by atoms with Crippen LogP contribution in [0.2, 0.25) is 4.34 Å². The highest BCUT2D eigenvalue weighted by atomic mass is 35.5. The highest BCUT2D eigenvalue weighted by Crippen LogP contribution is 2.29. The molecule has 1 saturated heterocycles. The molecule has 142 valence electrons. The van der Waals surface area contributed by atoms with Gasteiger partial charge >= 0.3 is 0 Å². The molecular formula is C18H18ClN3O3S2. The summed E-state index contributed by atoms with van der Waals surface area (Å²) in [6.07, 6.45) is 1.84. The van der Waals surface area contributed by atoms with Gasteiger partial charge < -0.3 is 9.47 Å². The number of carbonyl (C=O) groups is 1. The van der Waals surface area contributed by atoms with Crippen molar-refractivity contribution in [2.75, 3.05) is 26.2 Å². The number of para-hydroxylation sites is 1. The van der Waals surface area contributed by atoms with Crippen LogP contribution in [0.5, 0.6) is 0 Å². The van der Waals surface area contributed by atoms with Crippen molar-refractivity contribution in [1.82, 2.24) is 13.8 Å². The van der Waals surface area contributed by atoms with E-state index in [1.807, 2.05) is 42.1 Å². The number of amides is 1. The minimum absolute atomic E-state index is 0.0667. The van der Waals surface area contributed by atoms with E-state index in [0.717, 1.165) is 22.2 Å². The average molecular weight is 424 g/mol. The number of carbonyl (C=O) groups excluding carboxylic acids is 1. The molecule has 0 radical (unpaired) electrons. The van der Waals surface area contributed by atoms with Crippen LogP contribution in [-0.4, -0.2) is 54.3 Å². The van der Waals surface area contributed by atoms with Crippen molar-refractivity contribution in [2.24, 2.45) is 7.05 Å². The van der Waals surface area contributed by atoms with E-state index in [-0.39, 0.29) is 23.2 Å². The maximum atomic E-state index is 13.0. The van der Waals surface area contributed by atoms with E-state index in [2.05, 4.69) is 0 Å². The number of hydrogen-bond acceptors (Lipinski definition) is 4. The Balaban J connectivity index is 1.51. The molecule has 4 rings (SSSR count). The second-order valence-corrected chi connectivity index (χ2v) is 10.3. The molecule has 0 N–H and O–H groups in total. The van der Waals surface area contributed by atoms with Gasteiger partial charge in [0.2, 0.25) is 0 Å². The van der Waals surface area contributed by atoms with Gasteiger partial charge in [0.1, 0.15) is 4.21 Å². The second kappa shape index (κ2) is 6.94. The van der Waals surface area contributed by atoms with E-state index >= 15 is 0 Å². The number of fused-ring (bicyclic) bond motifs is 1. The van der Waals surface area contributed by atoms with Crippen LogP contribution in [0.25, 0.3) is 10.9 Å². The van der Waals surface area contributed by atoms with Gasteiger partial charge in [-0.25, -0.2) is 8.42 Å². The maximum Gasteiger partial charge on any atom is 0.256 e. The van der Waals surface area contributed by atoms with Crippen LogP contribution in [0.15, 0.2) is 46.8 Å². The summed E-state index contributed by atoms with van der Waals surface area (Å²) in [5.74, 6) is -0.0667. The minimum atomic E-state index is -3.56. The fourth-order valence-electron chi connectivity index (χ4n) is 3.38. The topological polar surface area (TPSA) is 62.6 Å². The first-order chi connectivity index (χ1) is 12.9. The van der Waals surface area contributed by atoms with Crippen molar-refractivity contribution in [3.05, 3.63) is 52.5 Å². The van der Waals surface area contributed by atoms with Crippen LogP contribution < -0.4 is 0 Å². The zero-order valence-corrected chi connectivity index (χ0v) is 17.0. The number of hydrogen-bond donors (Lipinski definition) is 0. The van der Waals surface area contributed by atoms with Crippen LogP contribution in [0, 0.1) is 0 Å². The molecule has 0 atom stereocenters. The third-order valence-corrected chi connectivity index (χ3v) is 8.39. The first kappa shape index (κ1) is 18.5. The average Bonchev–Trinajstić information content (AvgIpc) is 3.26. The fourth-order valence-corrected chi connectivity index (χ4v) is 6.44. The highest BCUT2D eigenvalue weighted by Gasteiger charge is 2.32. The SMILES string of the molecule is Cn1cc(C(=O)N2CCN(S(=O)(=O)c3ccc(Cl)s3)CC2)c2ccccc21. The molecule has 1 aliphatic rings. The Labute approximate surface area is 166 Å². The first-order valence-electron chi connectivity index (χ1n) is 8.47. The molecule has 0 saturated carbocycles. The Kier molecular flexibility index (Phi) is 4.75. The monoisotopic (exact) mass is 423 g/mol. The van der Waals surface area contributed by atoms with Crippen LogP contribution in [0.4, 0.5) is 0 Å². The molecule has 3 heterocycles. The minimum Gasteiger partial charge on any atom is -0.350 e. The normalized spacial score (nSPS) is 16.1. The van der Waals surface area contributed by atoms with Gasteiger partial charge in [0.05, 0.1) is 9.90 Å². The molecule has 2 aromatic heterocycles. The third-order valence-electron chi connectivity index (χ3n) is 4.80. The van der Waals surface area contributed by atoms with Crippen molar-refractivity contribution < 1.29 is 13.2 Å². The largest absolute Gasteiger partial charge is 0.350 e. The number of aromatic nitrogens is 1. The van der Waals surface area contributed by atoms with Gasteiger partial charge in [-0.15, -0.1) is 11.3 Å². The van der Waals surface area contributed by atoms with Crippen molar-refractivity contribution in [3.63, 3.8) is 0 Å². The zero-order chi connectivity index (χ0) is 19.2. The zero-order valence-electron chi connectivity index (χ0n) is 14.6. The van der Waals surface area contributed by atoms with Gasteiger partial charge in [-0.3, -0.25) is 4.79 Å². The molecule has 27 heavy (non-hydrogen) atoms. The van der Waals surface area contributed by atoms with E-state index < -0.39 is 10.0 Å². The van der Waals surface area contributed by atoms with E-state index in [0.29, 0.717) is 23.0 Å². The van der Waals surface area contributed by atoms with Gasteiger partial charge in [-0.05, 0) is 18.2 Å². The first-order valence-corrected chi connectivity index (χ1v) is 11.1. The van der Waals surface area contributed by atoms with Gasteiger partial charge in [0.15, 0.2) is 0 Å². The lowest BCUT2D eigenvalue weighted by atomic mass is 10.1. The summed E-state index contributed by atoms with van der Waals surface area (Å²) in [6, 6.07) is 10.9. The number of nitrogens with zero attached hydrogens (tertiary/aromatic N) is 3. The highest BCUT2D eigenvalue weighted by molar-refractivity contribution is 7.91. The summed E-state index contributed by atoms with van der Waals surface area (Å²) in [6.45, 7) is 1.27. The van der Waals surface area contributed by atoms with E-state index in [1.165, 1.54) is 10.4 Å². The smallest absolute Gasteiger partial charge is 0.256 e. The second-order valence-electron chi connectivity index (χ2n) is 6.43. The molecule has 0 bridgehead atoms. The predicted octanol–water partition coefficient (Wildman–Crippen LogP) is 3.04. The lowest BCUT2D eigenvalue weighted by Crippen LogP contribution is -2.50. The molecule has 6 nitrogen and oxygen atoms in total. The molecule has 0 spiro atoms. The number of thiophene rings is 1. The molecule has 0 aliphatic carbocycles. The van der Waals surface area contributed by atoms with Crippen molar-refractivity contribution in [3.8, 4) is 0 Å². The number of halogens is 1. The van der Waals surface area contributed by atoms with Crippen LogP contribution in [-0.2, 0) is 17.1 Å². The molecule has 1 aliphatic heterocycles. The van der Waals surface area contributed by atoms with Gasteiger partial charge in [-0.2, -0.15) is 4.31 Å². The summed E-state index contributed by atoms with van der Waals surface area (Å²) in [7, 11) is -1.65. The van der Waals surface area contributed by atoms with Gasteiger partial charge in [0, 0.05) is 50.3 Å². The van der Waals surface area contributed by atoms with Crippen molar-refractivity contribution in [1.29, 1.82) is 0 Å². The molecule has 1 amide bonds. The standard InChI is InChI=1S/C18H18ClN3O3S2/c1-20-12-14(13-4-2-3-5-15(13)20)18(23)21-8-10-22(11-9-21)27(24,25)17-7-6-16(19)26-17/h2-7,12H,8-11H2,1H3. The van der Waals surface area contributed by atoms with Crippen LogP contribution in [0.1, 0.15) is 10.4 Å². The molecular weight excluding hydrogens is 406 g/mol. The fraction of sp³-hybridized carbons (Fsp3) is 0.278. The summed E-state index contributed by atoms with van der Waals surface area (Å²) >= 11 is 6.92. The number of piperazine rings is 1. The molecule has 1 fully saturated rings. The van der Waals surface area contributed by atoms with Crippen molar-refractivity contribution in [2.45, 2.75) is 4.21 Å². The summed E-state index contributed by atoms with van der Waals surface area (Å²) in [5, 5.41) is 0.910. The molecule has 9 heteroatoms. The number of rotatable bonds is 3. The van der Waals surface area contributed by atoms with Crippen LogP contribution in [0.3, 0.4) is 0 Å². The predicted molar refractivity (Wildman–Crippen MR) is 107 cm³/mol. The molecule has 0 unspecified atom stereocenters. The summed E-state index contributed by atoms with van der Waals surface area (Å²) in [4.78, 5) is 14.7. The summed E-state index contributed by atoms with van der Waals surface area (Å²) in [5.41, 5.74) is 1.64. The Morgan fingerprint density at radius 3 is 2.44 bits per heavy atom. The third kappa shape index (κ3) is 3.27. The van der Waals surface area contributed by atoms with Gasteiger partial charge in [0.25, 0.3) is 15.9 Å². The van der Waals surface area contributed by atoms with Crippen LogP contribution >= 0.6 is 22.9 Å². The number of benzene rings is 1. The maximum absolute atomic E-state index is 13.0. The Morgan fingerprint density at radius 1 is 1.07 bits per heavy atom. The van der Waals surface area contributed by atoms with E-state index in [9.17, 15) is 13.2 Å². The van der Waals surface area contributed by atoms with Gasteiger partial charge in [-0.1, -0.05) is 29.8 Å². The Hall–Kier alpha value is -1.87. The lowest BCUT2D eigenvalue weighted by Gasteiger charge is -2.33. The molecule has 1 aromatic carbocycles. The van der Waals surface area contributed by atoms with Crippen molar-refractivity contribution >= 4 is 49.8 Å². The lowest BCUT2D eigenvalue weighted by molar-refractivity contribution is 0.0700. The Bertz CT molecular complexity index is 1110. The quantitative estimate of drug-likeness (QED) is 0.650. The Morgan fingerprint density at radius 2 is 1.78 bits per heavy atom. The van der Waals surface area contributed by atoms with E-state index in [1.54, 1.807) is 11.0 Å². The summed E-state index contributed by atoms with van der Waals surface area (Å²) < 4.78 is 29.4.